The SMILES string of the molecule is O=C(NCCn1c(=O)c(=O)[nH]c2ccccc21)c1ccc(Cl)c(Cl)c1. The van der Waals surface area contributed by atoms with Crippen molar-refractivity contribution in [2.45, 2.75) is 6.54 Å². The first-order valence-corrected chi connectivity index (χ1v) is 8.18. The van der Waals surface area contributed by atoms with Gasteiger partial charge in [-0.05, 0) is 30.3 Å². The average molecular weight is 378 g/mol. The maximum absolute atomic E-state index is 12.1. The molecule has 0 saturated heterocycles. The Balaban J connectivity index is 1.78. The Hall–Kier alpha value is -2.57. The summed E-state index contributed by atoms with van der Waals surface area (Å²) < 4.78 is 1.34. The number of nitrogens with zero attached hydrogens (tertiary/aromatic N) is 1. The molecule has 0 radical (unpaired) electrons. The number of halogens is 2. The van der Waals surface area contributed by atoms with E-state index in [1.165, 1.54) is 16.7 Å². The number of H-pyrrole nitrogens is 1. The van der Waals surface area contributed by atoms with Gasteiger partial charge in [-0.2, -0.15) is 0 Å². The van der Waals surface area contributed by atoms with Crippen molar-refractivity contribution >= 4 is 40.1 Å². The lowest BCUT2D eigenvalue weighted by atomic mass is 10.2. The van der Waals surface area contributed by atoms with Gasteiger partial charge in [0.15, 0.2) is 0 Å². The Kier molecular flexibility index (Phi) is 4.92. The molecule has 128 valence electrons. The van der Waals surface area contributed by atoms with Crippen LogP contribution in [0, 0.1) is 0 Å². The molecule has 0 fully saturated rings. The lowest BCUT2D eigenvalue weighted by Gasteiger charge is -2.10. The molecule has 25 heavy (non-hydrogen) atoms. The van der Waals surface area contributed by atoms with Gasteiger partial charge < -0.3 is 14.9 Å². The molecule has 0 aliphatic carbocycles. The predicted octanol–water partition coefficient (Wildman–Crippen LogP) is 2.43. The lowest BCUT2D eigenvalue weighted by molar-refractivity contribution is 0.0952. The fraction of sp³-hybridized carbons (Fsp3) is 0.118. The van der Waals surface area contributed by atoms with Gasteiger partial charge in [0.05, 0.1) is 21.1 Å². The van der Waals surface area contributed by atoms with Crippen LogP contribution in [-0.4, -0.2) is 22.0 Å². The van der Waals surface area contributed by atoms with Crippen LogP contribution in [0.2, 0.25) is 10.0 Å². The second-order valence-corrected chi connectivity index (χ2v) is 6.13. The summed E-state index contributed by atoms with van der Waals surface area (Å²) >= 11 is 11.7. The van der Waals surface area contributed by atoms with Crippen LogP contribution in [0.4, 0.5) is 0 Å². The second-order valence-electron chi connectivity index (χ2n) is 5.31. The van der Waals surface area contributed by atoms with Gasteiger partial charge in [-0.25, -0.2) is 0 Å². The van der Waals surface area contributed by atoms with Gasteiger partial charge in [0.1, 0.15) is 0 Å². The maximum atomic E-state index is 12.1. The van der Waals surface area contributed by atoms with Crippen LogP contribution in [0.5, 0.6) is 0 Å². The smallest absolute Gasteiger partial charge is 0.316 e. The molecule has 1 heterocycles. The Morgan fingerprint density at radius 3 is 2.60 bits per heavy atom. The van der Waals surface area contributed by atoms with Crippen molar-refractivity contribution in [1.29, 1.82) is 0 Å². The number of aromatic nitrogens is 2. The Bertz CT molecular complexity index is 1070. The molecule has 6 nitrogen and oxygen atoms in total. The van der Waals surface area contributed by atoms with Crippen LogP contribution in [0.25, 0.3) is 11.0 Å². The van der Waals surface area contributed by atoms with Gasteiger partial charge in [0.2, 0.25) is 0 Å². The largest absolute Gasteiger partial charge is 0.350 e. The summed E-state index contributed by atoms with van der Waals surface area (Å²) in [7, 11) is 0. The highest BCUT2D eigenvalue weighted by Gasteiger charge is 2.10. The quantitative estimate of drug-likeness (QED) is 0.684. The fourth-order valence-corrected chi connectivity index (χ4v) is 2.76. The van der Waals surface area contributed by atoms with Crippen molar-refractivity contribution in [3.63, 3.8) is 0 Å². The molecule has 0 spiro atoms. The standard InChI is InChI=1S/C17H13Cl2N3O3/c18-11-6-5-10(9-12(11)19)15(23)20-7-8-22-14-4-2-1-3-13(14)21-16(24)17(22)25/h1-6,9H,7-8H2,(H,20,23)(H,21,24). The van der Waals surface area contributed by atoms with Gasteiger partial charge in [0.25, 0.3) is 5.91 Å². The Morgan fingerprint density at radius 1 is 1.08 bits per heavy atom. The Morgan fingerprint density at radius 2 is 1.84 bits per heavy atom. The van der Waals surface area contributed by atoms with E-state index < -0.39 is 11.1 Å². The summed E-state index contributed by atoms with van der Waals surface area (Å²) in [4.78, 5) is 38.5. The summed E-state index contributed by atoms with van der Waals surface area (Å²) in [6, 6.07) is 11.5. The molecule has 8 heteroatoms. The molecule has 0 bridgehead atoms. The molecule has 0 aliphatic heterocycles. The van der Waals surface area contributed by atoms with Gasteiger partial charge in [-0.3, -0.25) is 14.4 Å². The highest BCUT2D eigenvalue weighted by atomic mass is 35.5. The van der Waals surface area contributed by atoms with E-state index in [1.807, 2.05) is 0 Å². The number of hydrogen-bond donors (Lipinski definition) is 2. The van der Waals surface area contributed by atoms with Crippen LogP contribution in [-0.2, 0) is 6.54 Å². The highest BCUT2D eigenvalue weighted by Crippen LogP contribution is 2.22. The van der Waals surface area contributed by atoms with E-state index in [4.69, 9.17) is 23.2 Å². The van der Waals surface area contributed by atoms with Crippen molar-refractivity contribution in [2.75, 3.05) is 6.54 Å². The third-order valence-corrected chi connectivity index (χ3v) is 4.42. The van der Waals surface area contributed by atoms with E-state index in [0.29, 0.717) is 21.6 Å². The summed E-state index contributed by atoms with van der Waals surface area (Å²) in [5, 5.41) is 3.34. The van der Waals surface area contributed by atoms with Gasteiger partial charge in [-0.1, -0.05) is 35.3 Å². The number of amides is 1. The molecule has 0 saturated carbocycles. The topological polar surface area (TPSA) is 84.0 Å². The van der Waals surface area contributed by atoms with Crippen molar-refractivity contribution in [3.05, 3.63) is 78.8 Å². The van der Waals surface area contributed by atoms with E-state index >= 15 is 0 Å². The number of rotatable bonds is 4. The number of fused-ring (bicyclic) bond motifs is 1. The first-order valence-electron chi connectivity index (χ1n) is 7.42. The fourth-order valence-electron chi connectivity index (χ4n) is 2.47. The Labute approximate surface area is 152 Å². The monoisotopic (exact) mass is 377 g/mol. The number of benzene rings is 2. The number of carbonyl (C=O) groups is 1. The van der Waals surface area contributed by atoms with Crippen LogP contribution in [0.3, 0.4) is 0 Å². The van der Waals surface area contributed by atoms with Crippen LogP contribution in [0.1, 0.15) is 10.4 Å². The zero-order chi connectivity index (χ0) is 18.0. The van der Waals surface area contributed by atoms with E-state index in [-0.39, 0.29) is 24.0 Å². The first kappa shape index (κ1) is 17.3. The second kappa shape index (κ2) is 7.13. The molecule has 1 amide bonds. The number of carbonyl (C=O) groups excluding carboxylic acids is 1. The third-order valence-electron chi connectivity index (χ3n) is 3.69. The molecule has 0 unspecified atom stereocenters. The van der Waals surface area contributed by atoms with Crippen molar-refractivity contribution in [1.82, 2.24) is 14.9 Å². The summed E-state index contributed by atoms with van der Waals surface area (Å²) in [5.74, 6) is -0.347. The minimum Gasteiger partial charge on any atom is -0.350 e. The molecular formula is C17H13Cl2N3O3. The van der Waals surface area contributed by atoms with Crippen molar-refractivity contribution < 1.29 is 4.79 Å². The summed E-state index contributed by atoms with van der Waals surface area (Å²) in [6.07, 6.45) is 0. The highest BCUT2D eigenvalue weighted by molar-refractivity contribution is 6.42. The van der Waals surface area contributed by atoms with Crippen molar-refractivity contribution in [3.8, 4) is 0 Å². The van der Waals surface area contributed by atoms with E-state index in [1.54, 1.807) is 30.3 Å². The molecule has 0 aliphatic rings. The molecule has 3 rings (SSSR count). The number of hydrogen-bond acceptors (Lipinski definition) is 3. The zero-order valence-corrected chi connectivity index (χ0v) is 14.4. The number of nitrogens with one attached hydrogen (secondary N) is 2. The van der Waals surface area contributed by atoms with Gasteiger partial charge in [0, 0.05) is 18.7 Å². The van der Waals surface area contributed by atoms with E-state index in [9.17, 15) is 14.4 Å². The van der Waals surface area contributed by atoms with Crippen LogP contribution in [0.15, 0.2) is 52.1 Å². The van der Waals surface area contributed by atoms with Crippen molar-refractivity contribution in [2.24, 2.45) is 0 Å². The average Bonchev–Trinajstić information content (AvgIpc) is 2.60. The minimum atomic E-state index is -0.700. The molecule has 3 aromatic rings. The lowest BCUT2D eigenvalue weighted by Crippen LogP contribution is -2.39. The van der Waals surface area contributed by atoms with Gasteiger partial charge >= 0.3 is 11.1 Å². The number of aromatic amines is 1. The number of para-hydroxylation sites is 2. The van der Waals surface area contributed by atoms with Crippen LogP contribution >= 0.6 is 23.2 Å². The molecular weight excluding hydrogens is 365 g/mol. The first-order chi connectivity index (χ1) is 12.0. The zero-order valence-electron chi connectivity index (χ0n) is 12.9. The van der Waals surface area contributed by atoms with E-state index in [0.717, 1.165) is 0 Å². The maximum Gasteiger partial charge on any atom is 0.316 e. The normalized spacial score (nSPS) is 10.8. The molecule has 2 aromatic carbocycles. The predicted molar refractivity (Wildman–Crippen MR) is 97.6 cm³/mol. The molecule has 2 N–H and O–H groups in total. The summed E-state index contributed by atoms with van der Waals surface area (Å²) in [5.41, 5.74) is 0.147. The molecule has 1 aromatic heterocycles. The third kappa shape index (κ3) is 3.60. The van der Waals surface area contributed by atoms with Crippen LogP contribution < -0.4 is 16.4 Å². The van der Waals surface area contributed by atoms with Gasteiger partial charge in [-0.15, -0.1) is 0 Å². The minimum absolute atomic E-state index is 0.163. The van der Waals surface area contributed by atoms with E-state index in [2.05, 4.69) is 10.3 Å². The summed E-state index contributed by atoms with van der Waals surface area (Å²) in [6.45, 7) is 0.336. The molecule has 0 atom stereocenters.